The highest BCUT2D eigenvalue weighted by molar-refractivity contribution is 5.97. The van der Waals surface area contributed by atoms with Gasteiger partial charge in [0.15, 0.2) is 0 Å². The van der Waals surface area contributed by atoms with Crippen molar-refractivity contribution in [1.29, 1.82) is 0 Å². The van der Waals surface area contributed by atoms with Crippen LogP contribution in [0.5, 0.6) is 5.75 Å². The lowest BCUT2D eigenvalue weighted by atomic mass is 9.97. The number of ether oxygens (including phenoxy) is 1. The molecule has 1 N–H and O–H groups in total. The van der Waals surface area contributed by atoms with Crippen molar-refractivity contribution in [1.82, 2.24) is 4.90 Å². The zero-order valence-corrected chi connectivity index (χ0v) is 13.2. The van der Waals surface area contributed by atoms with Crippen molar-refractivity contribution in [3.8, 4) is 5.75 Å². The quantitative estimate of drug-likeness (QED) is 0.836. The molecular formula is C17H20F3NO3. The maximum absolute atomic E-state index is 12.9. The summed E-state index contributed by atoms with van der Waals surface area (Å²) < 4.78 is 44.2. The van der Waals surface area contributed by atoms with Gasteiger partial charge in [-0.1, -0.05) is 12.7 Å². The van der Waals surface area contributed by atoms with E-state index in [0.29, 0.717) is 25.9 Å². The number of likely N-dealkylation sites (tertiary alicyclic amines) is 1. The van der Waals surface area contributed by atoms with Gasteiger partial charge in [-0.15, -0.1) is 0 Å². The van der Waals surface area contributed by atoms with Gasteiger partial charge in [0.05, 0.1) is 11.1 Å². The Morgan fingerprint density at radius 3 is 2.58 bits per heavy atom. The van der Waals surface area contributed by atoms with E-state index in [4.69, 9.17) is 9.84 Å². The van der Waals surface area contributed by atoms with E-state index >= 15 is 0 Å². The molecule has 1 aliphatic heterocycles. The van der Waals surface area contributed by atoms with Crippen molar-refractivity contribution in [2.45, 2.75) is 19.0 Å². The molecule has 1 heterocycles. The summed E-state index contributed by atoms with van der Waals surface area (Å²) in [7, 11) is 0. The Bertz CT molecular complexity index is 593. The van der Waals surface area contributed by atoms with E-state index in [1.54, 1.807) is 0 Å². The van der Waals surface area contributed by atoms with Crippen LogP contribution in [-0.4, -0.2) is 42.2 Å². The summed E-state index contributed by atoms with van der Waals surface area (Å²) in [5.74, 6) is -0.249. The highest BCUT2D eigenvalue weighted by Gasteiger charge is 2.33. The van der Waals surface area contributed by atoms with Gasteiger partial charge in [-0.2, -0.15) is 13.2 Å². The van der Waals surface area contributed by atoms with Crippen molar-refractivity contribution in [3.05, 3.63) is 42.0 Å². The van der Waals surface area contributed by atoms with E-state index in [9.17, 15) is 18.0 Å². The number of amides is 1. The first-order valence-corrected chi connectivity index (χ1v) is 7.72. The topological polar surface area (TPSA) is 49.8 Å². The van der Waals surface area contributed by atoms with E-state index in [1.807, 2.05) is 0 Å². The largest absolute Gasteiger partial charge is 0.489 e. The number of hydrogen-bond donors (Lipinski definition) is 1. The van der Waals surface area contributed by atoms with Gasteiger partial charge in [0.1, 0.15) is 12.4 Å². The first kappa shape index (κ1) is 18.3. The Kier molecular flexibility index (Phi) is 5.88. The molecule has 1 aliphatic rings. The van der Waals surface area contributed by atoms with E-state index in [-0.39, 0.29) is 30.4 Å². The molecule has 1 saturated heterocycles. The van der Waals surface area contributed by atoms with Gasteiger partial charge in [0, 0.05) is 19.7 Å². The predicted molar refractivity (Wildman–Crippen MR) is 82.8 cm³/mol. The van der Waals surface area contributed by atoms with E-state index < -0.39 is 17.6 Å². The molecule has 0 radical (unpaired) electrons. The van der Waals surface area contributed by atoms with Gasteiger partial charge in [-0.25, -0.2) is 0 Å². The molecular weight excluding hydrogens is 323 g/mol. The molecule has 0 bridgehead atoms. The van der Waals surface area contributed by atoms with Crippen LogP contribution in [0, 0.1) is 5.92 Å². The van der Waals surface area contributed by atoms with Crippen LogP contribution >= 0.6 is 0 Å². The molecule has 1 aromatic rings. The Balaban J connectivity index is 2.27. The molecule has 0 atom stereocenters. The normalized spacial score (nSPS) is 16.1. The molecule has 1 amide bonds. The predicted octanol–water partition coefficient (Wildman–Crippen LogP) is 3.11. The standard InChI is InChI=1S/C17H20F3NO3/c1-2-9-24-15-4-3-13(17(18,19)20)10-14(15)16(23)21-7-5-12(11-22)6-8-21/h2-4,10,12,22H,1,5-9,11H2. The Hall–Kier alpha value is -2.02. The lowest BCUT2D eigenvalue weighted by Gasteiger charge is -2.31. The molecule has 0 aromatic heterocycles. The molecule has 2 rings (SSSR count). The number of halogens is 3. The van der Waals surface area contributed by atoms with Crippen LogP contribution in [0.1, 0.15) is 28.8 Å². The summed E-state index contributed by atoms with van der Waals surface area (Å²) in [5, 5.41) is 9.14. The van der Waals surface area contributed by atoms with Gasteiger partial charge in [0.25, 0.3) is 5.91 Å². The van der Waals surface area contributed by atoms with Crippen molar-refractivity contribution in [2.24, 2.45) is 5.92 Å². The lowest BCUT2D eigenvalue weighted by Crippen LogP contribution is -2.39. The fourth-order valence-electron chi connectivity index (χ4n) is 2.64. The van der Waals surface area contributed by atoms with Crippen LogP contribution in [0.2, 0.25) is 0 Å². The average Bonchev–Trinajstić information content (AvgIpc) is 2.58. The second kappa shape index (κ2) is 7.70. The minimum absolute atomic E-state index is 0.0548. The number of hydrogen-bond acceptors (Lipinski definition) is 3. The summed E-state index contributed by atoms with van der Waals surface area (Å²) >= 11 is 0. The Labute approximate surface area is 138 Å². The van der Waals surface area contributed by atoms with Gasteiger partial charge < -0.3 is 14.7 Å². The number of nitrogens with zero attached hydrogens (tertiary/aromatic N) is 1. The van der Waals surface area contributed by atoms with Crippen LogP contribution in [0.15, 0.2) is 30.9 Å². The number of carbonyl (C=O) groups excluding carboxylic acids is 1. The third kappa shape index (κ3) is 4.29. The van der Waals surface area contributed by atoms with Gasteiger partial charge >= 0.3 is 6.18 Å². The van der Waals surface area contributed by atoms with E-state index in [2.05, 4.69) is 6.58 Å². The number of carbonyl (C=O) groups is 1. The Morgan fingerprint density at radius 1 is 1.38 bits per heavy atom. The van der Waals surface area contributed by atoms with Crippen LogP contribution in [0.4, 0.5) is 13.2 Å². The van der Waals surface area contributed by atoms with E-state index in [0.717, 1.165) is 12.1 Å². The molecule has 4 nitrogen and oxygen atoms in total. The van der Waals surface area contributed by atoms with Crippen molar-refractivity contribution in [2.75, 3.05) is 26.3 Å². The van der Waals surface area contributed by atoms with Gasteiger partial charge in [0.2, 0.25) is 0 Å². The molecule has 1 fully saturated rings. The van der Waals surface area contributed by atoms with Gasteiger partial charge in [-0.05, 0) is 37.0 Å². The van der Waals surface area contributed by atoms with Crippen LogP contribution in [-0.2, 0) is 6.18 Å². The zero-order valence-electron chi connectivity index (χ0n) is 13.2. The number of aliphatic hydroxyl groups is 1. The summed E-state index contributed by atoms with van der Waals surface area (Å²) in [6, 6.07) is 2.89. The number of alkyl halides is 3. The smallest absolute Gasteiger partial charge is 0.416 e. The fraction of sp³-hybridized carbons (Fsp3) is 0.471. The fourth-order valence-corrected chi connectivity index (χ4v) is 2.64. The molecule has 0 aliphatic carbocycles. The summed E-state index contributed by atoms with van der Waals surface area (Å²) in [6.07, 6.45) is -1.82. The molecule has 7 heteroatoms. The second-order valence-corrected chi connectivity index (χ2v) is 5.73. The minimum atomic E-state index is -4.53. The summed E-state index contributed by atoms with van der Waals surface area (Å²) in [5.41, 5.74) is -0.990. The monoisotopic (exact) mass is 343 g/mol. The van der Waals surface area contributed by atoms with E-state index in [1.165, 1.54) is 17.0 Å². The number of piperidine rings is 1. The highest BCUT2D eigenvalue weighted by Crippen LogP contribution is 2.33. The molecule has 1 aromatic carbocycles. The van der Waals surface area contributed by atoms with Crippen LogP contribution < -0.4 is 4.74 Å². The van der Waals surface area contributed by atoms with Gasteiger partial charge in [-0.3, -0.25) is 4.79 Å². The van der Waals surface area contributed by atoms with Crippen LogP contribution in [0.3, 0.4) is 0 Å². The molecule has 0 unspecified atom stereocenters. The summed E-state index contributed by atoms with van der Waals surface area (Å²) in [4.78, 5) is 14.2. The maximum Gasteiger partial charge on any atom is 0.416 e. The zero-order chi connectivity index (χ0) is 17.7. The first-order chi connectivity index (χ1) is 11.4. The lowest BCUT2D eigenvalue weighted by molar-refractivity contribution is -0.137. The SMILES string of the molecule is C=CCOc1ccc(C(F)(F)F)cc1C(=O)N1CCC(CO)CC1. The Morgan fingerprint density at radius 2 is 2.04 bits per heavy atom. The minimum Gasteiger partial charge on any atom is -0.489 e. The molecule has 0 spiro atoms. The second-order valence-electron chi connectivity index (χ2n) is 5.73. The number of aliphatic hydroxyl groups excluding tert-OH is 1. The molecule has 132 valence electrons. The van der Waals surface area contributed by atoms with Crippen molar-refractivity contribution in [3.63, 3.8) is 0 Å². The van der Waals surface area contributed by atoms with Crippen LogP contribution in [0.25, 0.3) is 0 Å². The average molecular weight is 343 g/mol. The highest BCUT2D eigenvalue weighted by atomic mass is 19.4. The third-order valence-corrected chi connectivity index (χ3v) is 4.05. The number of rotatable bonds is 5. The summed E-state index contributed by atoms with van der Waals surface area (Å²) in [6.45, 7) is 4.45. The number of benzene rings is 1. The molecule has 24 heavy (non-hydrogen) atoms. The van der Waals surface area contributed by atoms with Crippen molar-refractivity contribution >= 4 is 5.91 Å². The third-order valence-electron chi connectivity index (χ3n) is 4.05. The first-order valence-electron chi connectivity index (χ1n) is 7.72. The maximum atomic E-state index is 12.9. The molecule has 0 saturated carbocycles. The van der Waals surface area contributed by atoms with Crippen molar-refractivity contribution < 1.29 is 27.8 Å².